The number of para-hydroxylation sites is 1. The van der Waals surface area contributed by atoms with Crippen molar-refractivity contribution < 1.29 is 32.9 Å². The number of hydrogen-bond acceptors (Lipinski definition) is 6. The van der Waals surface area contributed by atoms with Crippen LogP contribution in [-0.2, 0) is 27.4 Å². The lowest BCUT2D eigenvalue weighted by Gasteiger charge is -2.13. The fourth-order valence-corrected chi connectivity index (χ4v) is 3.16. The van der Waals surface area contributed by atoms with Crippen LogP contribution in [0.3, 0.4) is 0 Å². The molecule has 0 unspecified atom stereocenters. The summed E-state index contributed by atoms with van der Waals surface area (Å²) >= 11 is 0. The molecule has 0 saturated carbocycles. The number of benzene rings is 3. The van der Waals surface area contributed by atoms with Gasteiger partial charge in [0.05, 0.1) is 6.61 Å². The normalized spacial score (nSPS) is 10.4. The molecule has 0 saturated heterocycles. The number of nitrogens with one attached hydrogen (secondary N) is 1. The zero-order valence-electron chi connectivity index (χ0n) is 19.7. The van der Waals surface area contributed by atoms with Crippen molar-refractivity contribution in [2.45, 2.75) is 26.4 Å². The van der Waals surface area contributed by atoms with Gasteiger partial charge >= 0.3 is 5.97 Å². The number of halogens is 1. The molecule has 0 aliphatic heterocycles. The van der Waals surface area contributed by atoms with Gasteiger partial charge in [0.25, 0.3) is 5.91 Å². The molecule has 0 radical (unpaired) electrons. The summed E-state index contributed by atoms with van der Waals surface area (Å²) in [5.74, 6) is 0.482. The van der Waals surface area contributed by atoms with Crippen molar-refractivity contribution in [1.29, 1.82) is 0 Å². The molecule has 0 aliphatic carbocycles. The van der Waals surface area contributed by atoms with E-state index in [2.05, 4.69) is 5.32 Å². The standard InChI is InChI=1S/C27H28FNO6/c1-3-32-27(31)12-10-19-9-11-25(24(28)15-19)34-17-20-13-22(33-18-26(30)29-2)16-23(14-20)35-21-7-5-4-6-8-21/h4-9,11,13-16H,3,10,12,17-18H2,1-2H3,(H,29,30). The van der Waals surface area contributed by atoms with Crippen molar-refractivity contribution in [2.75, 3.05) is 20.3 Å². The van der Waals surface area contributed by atoms with E-state index in [0.717, 1.165) is 0 Å². The monoisotopic (exact) mass is 481 g/mol. The third-order valence-electron chi connectivity index (χ3n) is 4.88. The van der Waals surface area contributed by atoms with Crippen molar-refractivity contribution in [3.63, 3.8) is 0 Å². The first-order valence-electron chi connectivity index (χ1n) is 11.2. The lowest BCUT2D eigenvalue weighted by molar-refractivity contribution is -0.143. The molecule has 184 valence electrons. The largest absolute Gasteiger partial charge is 0.486 e. The lowest BCUT2D eigenvalue weighted by atomic mass is 10.1. The Morgan fingerprint density at radius 3 is 2.37 bits per heavy atom. The second kappa shape index (κ2) is 13.0. The van der Waals surface area contributed by atoms with Crippen LogP contribution in [-0.4, -0.2) is 32.1 Å². The maximum atomic E-state index is 14.6. The van der Waals surface area contributed by atoms with E-state index in [0.29, 0.717) is 41.4 Å². The van der Waals surface area contributed by atoms with Gasteiger partial charge in [-0.15, -0.1) is 0 Å². The predicted octanol–water partition coefficient (Wildman–Crippen LogP) is 4.82. The van der Waals surface area contributed by atoms with E-state index in [1.54, 1.807) is 31.2 Å². The Kier molecular flexibility index (Phi) is 9.48. The van der Waals surface area contributed by atoms with Crippen LogP contribution >= 0.6 is 0 Å². The molecular formula is C27H28FNO6. The van der Waals surface area contributed by atoms with E-state index in [1.807, 2.05) is 30.3 Å². The zero-order chi connectivity index (χ0) is 25.0. The molecular weight excluding hydrogens is 453 g/mol. The van der Waals surface area contributed by atoms with E-state index in [4.69, 9.17) is 18.9 Å². The molecule has 0 atom stereocenters. The minimum absolute atomic E-state index is 0.0431. The predicted molar refractivity (Wildman–Crippen MR) is 128 cm³/mol. The topological polar surface area (TPSA) is 83.1 Å². The summed E-state index contributed by atoms with van der Waals surface area (Å²) in [6.07, 6.45) is 0.557. The van der Waals surface area contributed by atoms with Crippen molar-refractivity contribution in [3.05, 3.63) is 83.7 Å². The maximum Gasteiger partial charge on any atom is 0.306 e. The fraction of sp³-hybridized carbons (Fsp3) is 0.259. The number of amides is 1. The zero-order valence-corrected chi connectivity index (χ0v) is 19.7. The highest BCUT2D eigenvalue weighted by molar-refractivity contribution is 5.77. The highest BCUT2D eigenvalue weighted by Crippen LogP contribution is 2.29. The molecule has 0 aliphatic rings. The van der Waals surface area contributed by atoms with Gasteiger partial charge in [0, 0.05) is 19.5 Å². The molecule has 8 heteroatoms. The number of ether oxygens (including phenoxy) is 4. The first kappa shape index (κ1) is 25.6. The third-order valence-corrected chi connectivity index (χ3v) is 4.88. The molecule has 1 amide bonds. The van der Waals surface area contributed by atoms with Gasteiger partial charge in [0.2, 0.25) is 0 Å². The van der Waals surface area contributed by atoms with Crippen LogP contribution in [0.1, 0.15) is 24.5 Å². The molecule has 0 spiro atoms. The Labute approximate surface area is 203 Å². The van der Waals surface area contributed by atoms with Gasteiger partial charge in [-0.2, -0.15) is 0 Å². The summed E-state index contributed by atoms with van der Waals surface area (Å²) < 4.78 is 36.6. The minimum Gasteiger partial charge on any atom is -0.486 e. The Morgan fingerprint density at radius 2 is 1.66 bits per heavy atom. The van der Waals surface area contributed by atoms with Gasteiger partial charge in [-0.05, 0) is 60.9 Å². The minimum atomic E-state index is -0.529. The second-order valence-electron chi connectivity index (χ2n) is 7.55. The number of carbonyl (C=O) groups excluding carboxylic acids is 2. The van der Waals surface area contributed by atoms with Crippen molar-refractivity contribution in [3.8, 4) is 23.0 Å². The van der Waals surface area contributed by atoms with Crippen LogP contribution in [0.4, 0.5) is 4.39 Å². The molecule has 35 heavy (non-hydrogen) atoms. The Bertz CT molecular complexity index is 1140. The van der Waals surface area contributed by atoms with Crippen molar-refractivity contribution >= 4 is 11.9 Å². The number of aryl methyl sites for hydroxylation is 1. The van der Waals surface area contributed by atoms with Gasteiger partial charge < -0.3 is 24.3 Å². The third kappa shape index (κ3) is 8.33. The van der Waals surface area contributed by atoms with Gasteiger partial charge in [-0.3, -0.25) is 9.59 Å². The van der Waals surface area contributed by atoms with E-state index < -0.39 is 5.82 Å². The van der Waals surface area contributed by atoms with Gasteiger partial charge in [-0.1, -0.05) is 24.3 Å². The smallest absolute Gasteiger partial charge is 0.306 e. The molecule has 0 heterocycles. The lowest BCUT2D eigenvalue weighted by Crippen LogP contribution is -2.24. The summed E-state index contributed by atoms with van der Waals surface area (Å²) in [4.78, 5) is 23.1. The Morgan fingerprint density at radius 1 is 0.886 bits per heavy atom. The molecule has 1 N–H and O–H groups in total. The highest BCUT2D eigenvalue weighted by atomic mass is 19.1. The number of hydrogen-bond donors (Lipinski definition) is 1. The first-order chi connectivity index (χ1) is 17.0. The number of likely N-dealkylation sites (N-methyl/N-ethyl adjacent to an activating group) is 1. The first-order valence-corrected chi connectivity index (χ1v) is 11.2. The maximum absolute atomic E-state index is 14.6. The quantitative estimate of drug-likeness (QED) is 0.374. The van der Waals surface area contributed by atoms with Crippen LogP contribution in [0, 0.1) is 5.82 Å². The summed E-state index contributed by atoms with van der Waals surface area (Å²) in [6.45, 7) is 1.94. The summed E-state index contributed by atoms with van der Waals surface area (Å²) in [6, 6.07) is 18.9. The van der Waals surface area contributed by atoms with Crippen LogP contribution in [0.2, 0.25) is 0 Å². The summed E-state index contributed by atoms with van der Waals surface area (Å²) in [5.41, 5.74) is 1.34. The molecule has 3 aromatic rings. The number of esters is 1. The van der Waals surface area contributed by atoms with Gasteiger partial charge in [0.1, 0.15) is 23.9 Å². The average molecular weight is 482 g/mol. The van der Waals surface area contributed by atoms with E-state index in [9.17, 15) is 14.0 Å². The van der Waals surface area contributed by atoms with Crippen molar-refractivity contribution in [2.24, 2.45) is 0 Å². The molecule has 0 fully saturated rings. The molecule has 0 bridgehead atoms. The Hall–Kier alpha value is -4.07. The average Bonchev–Trinajstić information content (AvgIpc) is 2.86. The van der Waals surface area contributed by atoms with Gasteiger partial charge in [0.15, 0.2) is 18.2 Å². The molecule has 3 rings (SSSR count). The van der Waals surface area contributed by atoms with E-state index in [1.165, 1.54) is 19.2 Å². The van der Waals surface area contributed by atoms with Gasteiger partial charge in [-0.25, -0.2) is 4.39 Å². The highest BCUT2D eigenvalue weighted by Gasteiger charge is 2.11. The van der Waals surface area contributed by atoms with Crippen molar-refractivity contribution in [1.82, 2.24) is 5.32 Å². The fourth-order valence-electron chi connectivity index (χ4n) is 3.16. The van der Waals surface area contributed by atoms with Crippen LogP contribution in [0.15, 0.2) is 66.7 Å². The SMILES string of the molecule is CCOC(=O)CCc1ccc(OCc2cc(OCC(=O)NC)cc(Oc3ccccc3)c2)c(F)c1. The Balaban J connectivity index is 1.70. The molecule has 0 aromatic heterocycles. The summed E-state index contributed by atoms with van der Waals surface area (Å²) in [7, 11) is 1.52. The molecule has 3 aromatic carbocycles. The number of rotatable bonds is 12. The number of carbonyl (C=O) groups is 2. The van der Waals surface area contributed by atoms with E-state index in [-0.39, 0.29) is 37.3 Å². The van der Waals surface area contributed by atoms with Crippen LogP contribution in [0.5, 0.6) is 23.0 Å². The van der Waals surface area contributed by atoms with E-state index >= 15 is 0 Å². The summed E-state index contributed by atoms with van der Waals surface area (Å²) in [5, 5.41) is 2.50. The second-order valence-corrected chi connectivity index (χ2v) is 7.55. The van der Waals surface area contributed by atoms with Crippen LogP contribution < -0.4 is 19.5 Å². The molecule has 7 nitrogen and oxygen atoms in total. The van der Waals surface area contributed by atoms with Crippen LogP contribution in [0.25, 0.3) is 0 Å².